The molecule has 2 aromatic carbocycles. The van der Waals surface area contributed by atoms with Crippen molar-refractivity contribution in [1.82, 2.24) is 15.1 Å². The molecule has 0 atom stereocenters. The molecule has 0 unspecified atom stereocenters. The number of halogens is 2. The van der Waals surface area contributed by atoms with E-state index in [2.05, 4.69) is 15.5 Å². The van der Waals surface area contributed by atoms with Crippen molar-refractivity contribution in [3.8, 4) is 11.3 Å². The molecule has 1 aromatic heterocycles. The number of carbonyl (C=O) groups is 1. The number of nitrogens with zero attached hydrogens (tertiary/aromatic N) is 2. The summed E-state index contributed by atoms with van der Waals surface area (Å²) in [5.41, 5.74) is 3.37. The van der Waals surface area contributed by atoms with E-state index in [9.17, 15) is 9.18 Å². The van der Waals surface area contributed by atoms with Crippen molar-refractivity contribution < 1.29 is 9.18 Å². The van der Waals surface area contributed by atoms with E-state index < -0.39 is 0 Å². The first kappa shape index (κ1) is 20.0. The highest BCUT2D eigenvalue weighted by Gasteiger charge is 2.08. The molecule has 3 aromatic rings. The van der Waals surface area contributed by atoms with Gasteiger partial charge in [0.2, 0.25) is 5.91 Å². The number of hydrogen-bond donors (Lipinski definition) is 2. The van der Waals surface area contributed by atoms with Gasteiger partial charge in [-0.05, 0) is 75.0 Å². The van der Waals surface area contributed by atoms with E-state index in [1.807, 2.05) is 18.0 Å². The molecule has 0 aliphatic heterocycles. The van der Waals surface area contributed by atoms with Gasteiger partial charge in [0.15, 0.2) is 0 Å². The van der Waals surface area contributed by atoms with E-state index in [-0.39, 0.29) is 11.7 Å². The lowest BCUT2D eigenvalue weighted by Crippen LogP contribution is -2.31. The second-order valence-corrected chi connectivity index (χ2v) is 7.12. The number of nitrogens with one attached hydrogen (secondary N) is 2. The van der Waals surface area contributed by atoms with Crippen LogP contribution in [-0.2, 0) is 11.2 Å². The Kier molecular flexibility index (Phi) is 6.79. The van der Waals surface area contributed by atoms with Crippen LogP contribution >= 0.6 is 11.6 Å². The first-order valence-electron chi connectivity index (χ1n) is 9.04. The highest BCUT2D eigenvalue weighted by molar-refractivity contribution is 6.30. The fourth-order valence-electron chi connectivity index (χ4n) is 2.89. The van der Waals surface area contributed by atoms with Gasteiger partial charge < -0.3 is 5.32 Å². The van der Waals surface area contributed by atoms with Gasteiger partial charge in [0.25, 0.3) is 0 Å². The predicted octanol–water partition coefficient (Wildman–Crippen LogP) is 4.37. The second-order valence-electron chi connectivity index (χ2n) is 6.69. The van der Waals surface area contributed by atoms with Crippen LogP contribution in [0.4, 0.5) is 10.1 Å². The summed E-state index contributed by atoms with van der Waals surface area (Å²) in [6.07, 6.45) is 1.69. The van der Waals surface area contributed by atoms with Crippen LogP contribution in [0.2, 0.25) is 5.02 Å². The lowest BCUT2D eigenvalue weighted by Gasteiger charge is -2.16. The monoisotopic (exact) mass is 400 g/mol. The van der Waals surface area contributed by atoms with Crippen molar-refractivity contribution in [3.05, 3.63) is 71.1 Å². The topological polar surface area (TPSA) is 61.0 Å². The minimum atomic E-state index is -0.262. The Bertz CT molecular complexity index is 926. The molecule has 2 N–H and O–H groups in total. The van der Waals surface area contributed by atoms with E-state index in [1.165, 1.54) is 12.1 Å². The predicted molar refractivity (Wildman–Crippen MR) is 110 cm³/mol. The summed E-state index contributed by atoms with van der Waals surface area (Å²) in [5.74, 6) is -0.341. The minimum absolute atomic E-state index is 0.0788. The van der Waals surface area contributed by atoms with E-state index in [4.69, 9.17) is 11.6 Å². The van der Waals surface area contributed by atoms with Crippen molar-refractivity contribution in [2.75, 3.05) is 25.5 Å². The highest BCUT2D eigenvalue weighted by atomic mass is 35.5. The number of rotatable bonds is 8. The van der Waals surface area contributed by atoms with Gasteiger partial charge in [-0.1, -0.05) is 17.7 Å². The van der Waals surface area contributed by atoms with Gasteiger partial charge in [-0.2, -0.15) is 5.10 Å². The van der Waals surface area contributed by atoms with E-state index in [0.717, 1.165) is 36.3 Å². The number of carbonyl (C=O) groups excluding carboxylic acids is 1. The van der Waals surface area contributed by atoms with Gasteiger partial charge in [-0.3, -0.25) is 14.8 Å². The molecule has 0 bridgehead atoms. The zero-order valence-electron chi connectivity index (χ0n) is 15.6. The number of hydrogen-bond acceptors (Lipinski definition) is 3. The van der Waals surface area contributed by atoms with Gasteiger partial charge in [-0.15, -0.1) is 0 Å². The lowest BCUT2D eigenvalue weighted by atomic mass is 10.1. The molecule has 28 heavy (non-hydrogen) atoms. The Morgan fingerprint density at radius 3 is 2.75 bits per heavy atom. The van der Waals surface area contributed by atoms with Crippen molar-refractivity contribution in [3.63, 3.8) is 0 Å². The number of likely N-dealkylation sites (N-methyl/N-ethyl adjacent to an activating group) is 1. The third-order valence-corrected chi connectivity index (χ3v) is 4.51. The number of amides is 1. The molecule has 0 saturated carbocycles. The SMILES string of the molecule is CN(CCCc1cc(-c2ccc(F)cc2)n[nH]1)CC(=O)Nc1cccc(Cl)c1. The third kappa shape index (κ3) is 5.90. The van der Waals surface area contributed by atoms with E-state index in [0.29, 0.717) is 17.3 Å². The number of aryl methyl sites for hydroxylation is 1. The molecular formula is C21H22ClFN4O. The van der Waals surface area contributed by atoms with Crippen LogP contribution in [0.3, 0.4) is 0 Å². The van der Waals surface area contributed by atoms with Crippen LogP contribution in [0.15, 0.2) is 54.6 Å². The maximum Gasteiger partial charge on any atom is 0.238 e. The Labute approximate surface area is 168 Å². The molecular weight excluding hydrogens is 379 g/mol. The number of benzene rings is 2. The lowest BCUT2D eigenvalue weighted by molar-refractivity contribution is -0.117. The molecule has 0 saturated heterocycles. The Balaban J connectivity index is 1.42. The zero-order chi connectivity index (χ0) is 19.9. The van der Waals surface area contributed by atoms with E-state index in [1.54, 1.807) is 36.4 Å². The summed E-state index contributed by atoms with van der Waals surface area (Å²) < 4.78 is 13.0. The maximum absolute atomic E-state index is 13.0. The van der Waals surface area contributed by atoms with Crippen LogP contribution in [-0.4, -0.2) is 41.1 Å². The van der Waals surface area contributed by atoms with Gasteiger partial charge in [-0.25, -0.2) is 4.39 Å². The van der Waals surface area contributed by atoms with Gasteiger partial charge in [0, 0.05) is 22.0 Å². The summed E-state index contributed by atoms with van der Waals surface area (Å²) in [4.78, 5) is 14.1. The second kappa shape index (κ2) is 9.48. The molecule has 3 rings (SSSR count). The number of H-pyrrole nitrogens is 1. The zero-order valence-corrected chi connectivity index (χ0v) is 16.3. The van der Waals surface area contributed by atoms with Crippen molar-refractivity contribution in [1.29, 1.82) is 0 Å². The van der Waals surface area contributed by atoms with Crippen LogP contribution in [0.1, 0.15) is 12.1 Å². The number of anilines is 1. The normalized spacial score (nSPS) is 11.0. The van der Waals surface area contributed by atoms with Crippen LogP contribution in [0.5, 0.6) is 0 Å². The van der Waals surface area contributed by atoms with Crippen molar-refractivity contribution in [2.24, 2.45) is 0 Å². The Morgan fingerprint density at radius 2 is 2.00 bits per heavy atom. The molecule has 7 heteroatoms. The quantitative estimate of drug-likeness (QED) is 0.590. The summed E-state index contributed by atoms with van der Waals surface area (Å²) >= 11 is 5.92. The summed E-state index contributed by atoms with van der Waals surface area (Å²) in [6.45, 7) is 1.07. The summed E-state index contributed by atoms with van der Waals surface area (Å²) in [5, 5.41) is 10.7. The van der Waals surface area contributed by atoms with E-state index >= 15 is 0 Å². The minimum Gasteiger partial charge on any atom is -0.325 e. The molecule has 5 nitrogen and oxygen atoms in total. The molecule has 1 amide bonds. The summed E-state index contributed by atoms with van der Waals surface area (Å²) in [7, 11) is 1.91. The number of aromatic amines is 1. The molecule has 0 spiro atoms. The first-order valence-corrected chi connectivity index (χ1v) is 9.41. The number of aromatic nitrogens is 2. The standard InChI is InChI=1S/C21H22ClFN4O/c1-27(14-21(28)24-18-5-2-4-16(22)12-18)11-3-6-19-13-20(26-25-19)15-7-9-17(23)10-8-15/h2,4-5,7-10,12-13H,3,6,11,14H2,1H3,(H,24,28)(H,25,26). The molecule has 146 valence electrons. The highest BCUT2D eigenvalue weighted by Crippen LogP contribution is 2.18. The van der Waals surface area contributed by atoms with Crippen LogP contribution in [0, 0.1) is 5.82 Å². The van der Waals surface area contributed by atoms with Crippen molar-refractivity contribution >= 4 is 23.2 Å². The average molecular weight is 401 g/mol. The van der Waals surface area contributed by atoms with Gasteiger partial charge in [0.1, 0.15) is 5.82 Å². The van der Waals surface area contributed by atoms with Crippen LogP contribution in [0.25, 0.3) is 11.3 Å². The summed E-state index contributed by atoms with van der Waals surface area (Å²) in [6, 6.07) is 15.3. The van der Waals surface area contributed by atoms with Crippen molar-refractivity contribution in [2.45, 2.75) is 12.8 Å². The molecule has 1 heterocycles. The largest absolute Gasteiger partial charge is 0.325 e. The maximum atomic E-state index is 13.0. The smallest absolute Gasteiger partial charge is 0.238 e. The fraction of sp³-hybridized carbons (Fsp3) is 0.238. The van der Waals surface area contributed by atoms with Gasteiger partial charge in [0.05, 0.1) is 12.2 Å². The Hall–Kier alpha value is -2.70. The molecule has 0 fully saturated rings. The molecule has 0 aliphatic rings. The third-order valence-electron chi connectivity index (χ3n) is 4.28. The first-order chi connectivity index (χ1) is 13.5. The molecule has 0 radical (unpaired) electrons. The van der Waals surface area contributed by atoms with Gasteiger partial charge >= 0.3 is 0 Å². The fourth-order valence-corrected chi connectivity index (χ4v) is 3.08. The Morgan fingerprint density at radius 1 is 1.21 bits per heavy atom. The van der Waals surface area contributed by atoms with Crippen LogP contribution < -0.4 is 5.32 Å². The molecule has 0 aliphatic carbocycles. The average Bonchev–Trinajstić information content (AvgIpc) is 3.11.